The molecule has 2 fully saturated rings. The monoisotopic (exact) mass is 397 g/mol. The first kappa shape index (κ1) is 19.2. The summed E-state index contributed by atoms with van der Waals surface area (Å²) in [6.45, 7) is 3.03. The second kappa shape index (κ2) is 8.51. The van der Waals surface area contributed by atoms with Crippen LogP contribution in [0.15, 0.2) is 42.5 Å². The van der Waals surface area contributed by atoms with Crippen molar-refractivity contribution >= 4 is 23.4 Å². The second-order valence-corrected chi connectivity index (χ2v) is 7.30. The molecule has 0 aromatic heterocycles. The lowest BCUT2D eigenvalue weighted by Gasteiger charge is -2.30. The first-order valence-electron chi connectivity index (χ1n) is 9.98. The van der Waals surface area contributed by atoms with Crippen molar-refractivity contribution < 1.29 is 18.7 Å². The van der Waals surface area contributed by atoms with Gasteiger partial charge in [0.15, 0.2) is 0 Å². The lowest BCUT2D eigenvalue weighted by molar-refractivity contribution is 0.0468. The Morgan fingerprint density at radius 2 is 1.86 bits per heavy atom. The third-order valence-electron chi connectivity index (χ3n) is 5.39. The van der Waals surface area contributed by atoms with Crippen LogP contribution in [0.3, 0.4) is 0 Å². The summed E-state index contributed by atoms with van der Waals surface area (Å²) in [4.78, 5) is 28.2. The lowest BCUT2D eigenvalue weighted by Crippen LogP contribution is -2.30. The standard InChI is InChI=1S/C22H24FN3O3/c23-19-9-8-17(26-13-10-24-22(26)28)14-18(19)21(27)29-15-16-6-2-3-7-20(16)25-11-4-1-5-12-25/h2-3,6-9,14H,1,4-5,10-13,15H2,(H,24,28). The van der Waals surface area contributed by atoms with Gasteiger partial charge in [-0.1, -0.05) is 18.2 Å². The fraction of sp³-hybridized carbons (Fsp3) is 0.364. The molecule has 2 aromatic rings. The summed E-state index contributed by atoms with van der Waals surface area (Å²) in [6.07, 6.45) is 3.53. The Bertz CT molecular complexity index is 912. The average Bonchev–Trinajstić information content (AvgIpc) is 3.19. The van der Waals surface area contributed by atoms with Crippen molar-refractivity contribution in [1.82, 2.24) is 5.32 Å². The molecule has 0 aliphatic carbocycles. The summed E-state index contributed by atoms with van der Waals surface area (Å²) in [6, 6.07) is 11.6. The Balaban J connectivity index is 1.48. The molecule has 152 valence electrons. The van der Waals surface area contributed by atoms with Crippen molar-refractivity contribution in [3.05, 3.63) is 59.4 Å². The van der Waals surface area contributed by atoms with Crippen LogP contribution in [0, 0.1) is 5.82 Å². The highest BCUT2D eigenvalue weighted by Gasteiger charge is 2.24. The molecule has 2 aliphatic rings. The van der Waals surface area contributed by atoms with Gasteiger partial charge >= 0.3 is 12.0 Å². The number of halogens is 1. The zero-order valence-electron chi connectivity index (χ0n) is 16.2. The number of esters is 1. The molecule has 6 nitrogen and oxygen atoms in total. The smallest absolute Gasteiger partial charge is 0.341 e. The van der Waals surface area contributed by atoms with E-state index < -0.39 is 11.8 Å². The van der Waals surface area contributed by atoms with Gasteiger partial charge in [-0.3, -0.25) is 4.90 Å². The van der Waals surface area contributed by atoms with Crippen molar-refractivity contribution in [2.45, 2.75) is 25.9 Å². The Kier molecular flexibility index (Phi) is 5.64. The van der Waals surface area contributed by atoms with Gasteiger partial charge in [0, 0.05) is 43.1 Å². The summed E-state index contributed by atoms with van der Waals surface area (Å²) in [5.74, 6) is -1.40. The van der Waals surface area contributed by atoms with E-state index in [1.807, 2.05) is 24.3 Å². The van der Waals surface area contributed by atoms with Crippen LogP contribution >= 0.6 is 0 Å². The lowest BCUT2D eigenvalue weighted by atomic mass is 10.1. The molecule has 1 N–H and O–H groups in total. The molecule has 0 saturated carbocycles. The molecule has 29 heavy (non-hydrogen) atoms. The van der Waals surface area contributed by atoms with Crippen molar-refractivity contribution in [1.29, 1.82) is 0 Å². The first-order chi connectivity index (χ1) is 14.1. The Morgan fingerprint density at radius 3 is 2.62 bits per heavy atom. The molecule has 0 spiro atoms. The molecule has 2 saturated heterocycles. The first-order valence-corrected chi connectivity index (χ1v) is 9.98. The van der Waals surface area contributed by atoms with Gasteiger partial charge in [0.1, 0.15) is 12.4 Å². The van der Waals surface area contributed by atoms with Gasteiger partial charge in [-0.2, -0.15) is 0 Å². The summed E-state index contributed by atoms with van der Waals surface area (Å²) in [7, 11) is 0. The number of nitrogens with zero attached hydrogens (tertiary/aromatic N) is 2. The minimum atomic E-state index is -0.739. The maximum Gasteiger partial charge on any atom is 0.341 e. The van der Waals surface area contributed by atoms with Crippen molar-refractivity contribution in [2.24, 2.45) is 0 Å². The van der Waals surface area contributed by atoms with E-state index in [0.29, 0.717) is 18.8 Å². The molecule has 2 aromatic carbocycles. The van der Waals surface area contributed by atoms with Gasteiger partial charge in [-0.15, -0.1) is 0 Å². The molecular formula is C22H24FN3O3. The third kappa shape index (κ3) is 4.18. The normalized spacial score (nSPS) is 16.7. The quantitative estimate of drug-likeness (QED) is 0.782. The molecule has 2 amide bonds. The SMILES string of the molecule is O=C(OCc1ccccc1N1CCCCC1)c1cc(N2CCNC2=O)ccc1F. The summed E-state index contributed by atoms with van der Waals surface area (Å²) < 4.78 is 19.7. The fourth-order valence-corrected chi connectivity index (χ4v) is 3.85. The summed E-state index contributed by atoms with van der Waals surface area (Å²) in [5, 5.41) is 2.69. The average molecular weight is 397 g/mol. The highest BCUT2D eigenvalue weighted by Crippen LogP contribution is 2.26. The van der Waals surface area contributed by atoms with E-state index in [0.717, 1.165) is 37.2 Å². The highest BCUT2D eigenvalue weighted by atomic mass is 19.1. The zero-order valence-corrected chi connectivity index (χ0v) is 16.2. The van der Waals surface area contributed by atoms with Gasteiger partial charge in [0.05, 0.1) is 5.56 Å². The van der Waals surface area contributed by atoms with E-state index >= 15 is 0 Å². The molecule has 0 bridgehead atoms. The second-order valence-electron chi connectivity index (χ2n) is 7.30. The molecular weight excluding hydrogens is 373 g/mol. The number of rotatable bonds is 5. The van der Waals surface area contributed by atoms with E-state index in [1.165, 1.54) is 29.5 Å². The molecule has 4 rings (SSSR count). The van der Waals surface area contributed by atoms with E-state index in [4.69, 9.17) is 4.74 Å². The fourth-order valence-electron chi connectivity index (χ4n) is 3.85. The highest BCUT2D eigenvalue weighted by molar-refractivity contribution is 5.96. The Hall–Kier alpha value is -3.09. The molecule has 2 heterocycles. The van der Waals surface area contributed by atoms with Crippen LogP contribution in [0.4, 0.5) is 20.6 Å². The minimum absolute atomic E-state index is 0.0688. The van der Waals surface area contributed by atoms with Crippen molar-refractivity contribution in [3.8, 4) is 0 Å². The molecule has 0 unspecified atom stereocenters. The zero-order chi connectivity index (χ0) is 20.2. The number of piperidine rings is 1. The summed E-state index contributed by atoms with van der Waals surface area (Å²) >= 11 is 0. The number of hydrogen-bond donors (Lipinski definition) is 1. The molecule has 7 heteroatoms. The number of ether oxygens (including phenoxy) is 1. The maximum absolute atomic E-state index is 14.3. The van der Waals surface area contributed by atoms with Crippen LogP contribution in [0.25, 0.3) is 0 Å². The number of benzene rings is 2. The van der Waals surface area contributed by atoms with Crippen LogP contribution < -0.4 is 15.1 Å². The molecule has 2 aliphatic heterocycles. The Morgan fingerprint density at radius 1 is 1.07 bits per heavy atom. The number of nitrogens with one attached hydrogen (secondary N) is 1. The van der Waals surface area contributed by atoms with Gasteiger partial charge in [0.2, 0.25) is 0 Å². The van der Waals surface area contributed by atoms with Gasteiger partial charge in [-0.25, -0.2) is 14.0 Å². The Labute approximate surface area is 169 Å². The van der Waals surface area contributed by atoms with Crippen molar-refractivity contribution in [2.75, 3.05) is 36.0 Å². The number of carbonyl (C=O) groups is 2. The van der Waals surface area contributed by atoms with Gasteiger partial charge in [-0.05, 0) is 43.5 Å². The van der Waals surface area contributed by atoms with Crippen LogP contribution in [-0.4, -0.2) is 38.2 Å². The van der Waals surface area contributed by atoms with Crippen molar-refractivity contribution in [3.63, 3.8) is 0 Å². The largest absolute Gasteiger partial charge is 0.457 e. The van der Waals surface area contributed by atoms with Crippen LogP contribution in [0.5, 0.6) is 0 Å². The third-order valence-corrected chi connectivity index (χ3v) is 5.39. The van der Waals surface area contributed by atoms with Gasteiger partial charge in [0.25, 0.3) is 0 Å². The van der Waals surface area contributed by atoms with Crippen LogP contribution in [0.1, 0.15) is 35.2 Å². The van der Waals surface area contributed by atoms with E-state index in [1.54, 1.807) is 0 Å². The maximum atomic E-state index is 14.3. The predicted molar refractivity (Wildman–Crippen MR) is 109 cm³/mol. The van der Waals surface area contributed by atoms with E-state index in [2.05, 4.69) is 10.2 Å². The number of carbonyl (C=O) groups excluding carboxylic acids is 2. The minimum Gasteiger partial charge on any atom is -0.457 e. The number of amides is 2. The van der Waals surface area contributed by atoms with E-state index in [-0.39, 0.29) is 18.2 Å². The number of anilines is 2. The van der Waals surface area contributed by atoms with Crippen LogP contribution in [-0.2, 0) is 11.3 Å². The molecule has 0 radical (unpaired) electrons. The molecule has 0 atom stereocenters. The van der Waals surface area contributed by atoms with Crippen LogP contribution in [0.2, 0.25) is 0 Å². The summed E-state index contributed by atoms with van der Waals surface area (Å²) in [5.41, 5.74) is 2.26. The predicted octanol–water partition coefficient (Wildman–Crippen LogP) is 3.70. The van der Waals surface area contributed by atoms with Gasteiger partial charge < -0.3 is 15.0 Å². The number of para-hydroxylation sites is 1. The van der Waals surface area contributed by atoms with E-state index in [9.17, 15) is 14.0 Å². The number of urea groups is 1. The topological polar surface area (TPSA) is 61.9 Å². The number of hydrogen-bond acceptors (Lipinski definition) is 4.